The van der Waals surface area contributed by atoms with Crippen molar-refractivity contribution >= 4 is 18.2 Å². The van der Waals surface area contributed by atoms with Crippen molar-refractivity contribution in [3.63, 3.8) is 0 Å². The van der Waals surface area contributed by atoms with Crippen LogP contribution in [0.15, 0.2) is 23.8 Å². The summed E-state index contributed by atoms with van der Waals surface area (Å²) < 4.78 is 22.1. The number of hydrogen-bond donors (Lipinski definition) is 2. The number of ether oxygens (including phenoxy) is 4. The lowest BCUT2D eigenvalue weighted by molar-refractivity contribution is -0.337. The molecule has 0 aromatic carbocycles. The zero-order chi connectivity index (χ0) is 22.2. The Labute approximate surface area is 170 Å². The van der Waals surface area contributed by atoms with Crippen molar-refractivity contribution in [2.24, 2.45) is 5.41 Å². The van der Waals surface area contributed by atoms with Gasteiger partial charge >= 0.3 is 11.9 Å². The second kappa shape index (κ2) is 10.6. The molecule has 0 aromatic heterocycles. The molecule has 0 aromatic rings. The van der Waals surface area contributed by atoms with E-state index < -0.39 is 48.1 Å². The van der Waals surface area contributed by atoms with E-state index in [1.54, 1.807) is 19.9 Å². The van der Waals surface area contributed by atoms with Crippen molar-refractivity contribution in [2.75, 3.05) is 20.8 Å². The lowest BCUT2D eigenvalue weighted by Gasteiger charge is -2.52. The first-order valence-corrected chi connectivity index (χ1v) is 9.17. The van der Waals surface area contributed by atoms with Crippen LogP contribution in [0.4, 0.5) is 0 Å². The molecule has 1 fully saturated rings. The summed E-state index contributed by atoms with van der Waals surface area (Å²) in [6.07, 6.45) is 1.90. The van der Waals surface area contributed by atoms with Gasteiger partial charge in [-0.25, -0.2) is 4.79 Å². The van der Waals surface area contributed by atoms with Gasteiger partial charge in [-0.1, -0.05) is 19.9 Å². The summed E-state index contributed by atoms with van der Waals surface area (Å²) in [5, 5.41) is 19.1. The summed E-state index contributed by atoms with van der Waals surface area (Å²) >= 11 is 0. The van der Waals surface area contributed by atoms with Gasteiger partial charge in [0.25, 0.3) is 0 Å². The summed E-state index contributed by atoms with van der Waals surface area (Å²) in [6, 6.07) is 0. The van der Waals surface area contributed by atoms with Crippen LogP contribution in [0.1, 0.15) is 33.6 Å². The number of esters is 2. The molecule has 1 rings (SSSR count). The minimum atomic E-state index is -1.63. The summed E-state index contributed by atoms with van der Waals surface area (Å²) in [4.78, 5) is 34.7. The molecule has 1 heterocycles. The van der Waals surface area contributed by atoms with E-state index in [1.165, 1.54) is 33.3 Å². The predicted octanol–water partition coefficient (Wildman–Crippen LogP) is 0.674. The second-order valence-electron chi connectivity index (χ2n) is 7.34. The average Bonchev–Trinajstić information content (AvgIpc) is 2.67. The zero-order valence-corrected chi connectivity index (χ0v) is 17.4. The molecule has 9 nitrogen and oxygen atoms in total. The van der Waals surface area contributed by atoms with Gasteiger partial charge in [0.05, 0.1) is 25.9 Å². The van der Waals surface area contributed by atoms with Crippen molar-refractivity contribution in [1.29, 1.82) is 0 Å². The third kappa shape index (κ3) is 5.96. The number of aliphatic hydroxyl groups is 2. The molecule has 0 bridgehead atoms. The van der Waals surface area contributed by atoms with Gasteiger partial charge in [0.15, 0.2) is 6.10 Å². The molecule has 4 atom stereocenters. The fraction of sp³-hybridized carbons (Fsp3) is 0.650. The van der Waals surface area contributed by atoms with Crippen LogP contribution in [-0.2, 0) is 33.3 Å². The lowest BCUT2D eigenvalue weighted by Crippen LogP contribution is -2.63. The van der Waals surface area contributed by atoms with Gasteiger partial charge in [-0.2, -0.15) is 0 Å². The number of carbonyl (C=O) groups excluding carboxylic acids is 3. The van der Waals surface area contributed by atoms with Crippen LogP contribution in [0.3, 0.4) is 0 Å². The molecule has 1 unspecified atom stereocenters. The Morgan fingerprint density at radius 1 is 1.38 bits per heavy atom. The van der Waals surface area contributed by atoms with E-state index in [4.69, 9.17) is 18.9 Å². The van der Waals surface area contributed by atoms with Gasteiger partial charge in [-0.3, -0.25) is 9.59 Å². The highest BCUT2D eigenvalue weighted by Crippen LogP contribution is 2.48. The number of aldehydes is 1. The minimum absolute atomic E-state index is 0.0421. The van der Waals surface area contributed by atoms with Crippen LogP contribution in [0.5, 0.6) is 0 Å². The fourth-order valence-electron chi connectivity index (χ4n) is 3.44. The summed E-state index contributed by atoms with van der Waals surface area (Å²) in [7, 11) is 2.57. The van der Waals surface area contributed by atoms with E-state index in [1.807, 2.05) is 0 Å². The van der Waals surface area contributed by atoms with E-state index in [0.717, 1.165) is 0 Å². The highest BCUT2D eigenvalue weighted by atomic mass is 16.7. The Balaban J connectivity index is 3.61. The molecule has 0 saturated carbocycles. The van der Waals surface area contributed by atoms with E-state index >= 15 is 0 Å². The Kier molecular flexibility index (Phi) is 9.15. The van der Waals surface area contributed by atoms with Crippen LogP contribution >= 0.6 is 0 Å². The minimum Gasteiger partial charge on any atom is -0.466 e. The summed E-state index contributed by atoms with van der Waals surface area (Å²) in [5.41, 5.74) is -0.649. The molecule has 29 heavy (non-hydrogen) atoms. The maximum Gasteiger partial charge on any atom is 0.330 e. The number of rotatable bonds is 9. The number of hydrogen-bond acceptors (Lipinski definition) is 9. The molecule has 0 spiro atoms. The molecule has 1 saturated heterocycles. The van der Waals surface area contributed by atoms with Crippen LogP contribution in [0.25, 0.3) is 0 Å². The zero-order valence-electron chi connectivity index (χ0n) is 17.4. The first-order chi connectivity index (χ1) is 13.6. The Morgan fingerprint density at radius 3 is 2.52 bits per heavy atom. The van der Waals surface area contributed by atoms with E-state index in [9.17, 15) is 24.6 Å². The number of aliphatic hydroxyl groups excluding tert-OH is 2. The number of methoxy groups -OCH3 is 2. The molecule has 2 N–H and O–H groups in total. The van der Waals surface area contributed by atoms with E-state index in [2.05, 4.69) is 0 Å². The molecule has 0 amide bonds. The van der Waals surface area contributed by atoms with Gasteiger partial charge in [0, 0.05) is 31.9 Å². The first kappa shape index (κ1) is 25.0. The smallest absolute Gasteiger partial charge is 0.330 e. The Hall–Kier alpha value is -2.07. The number of allylic oxidation sites excluding steroid dienone is 1. The normalized spacial score (nSPS) is 27.6. The predicted molar refractivity (Wildman–Crippen MR) is 102 cm³/mol. The molecular formula is C20H30O9. The standard InChI is InChI=1S/C20H30O9/c1-13(23)28-18-14(10-17(25)26-4)9-16(11-15(24)12-22)29-20(18,27-5)19(2,3)7-6-8-21/h6-8,10,15-16,18,22,24H,9,11-12H2,1-5H3/b7-6+,14-10+/t15?,16-,18-,20+/m0/s1. The highest BCUT2D eigenvalue weighted by Gasteiger charge is 2.58. The van der Waals surface area contributed by atoms with Crippen molar-refractivity contribution in [2.45, 2.75) is 57.7 Å². The van der Waals surface area contributed by atoms with Gasteiger partial charge in [-0.15, -0.1) is 0 Å². The average molecular weight is 414 g/mol. The van der Waals surface area contributed by atoms with Crippen molar-refractivity contribution in [3.8, 4) is 0 Å². The summed E-state index contributed by atoms with van der Waals surface area (Å²) in [6.45, 7) is 4.17. The second-order valence-corrected chi connectivity index (χ2v) is 7.34. The molecule has 0 radical (unpaired) electrons. The SMILES string of the molecule is COC(=O)/C=C1\C[C@@H](CC(O)CO)O[C@@](OC)(C(C)(C)/C=C/C=O)[C@H]1OC(C)=O. The topological polar surface area (TPSA) is 129 Å². The van der Waals surface area contributed by atoms with Crippen molar-refractivity contribution in [3.05, 3.63) is 23.8 Å². The first-order valence-electron chi connectivity index (χ1n) is 9.17. The molecule has 1 aliphatic heterocycles. The van der Waals surface area contributed by atoms with Crippen molar-refractivity contribution < 1.29 is 43.5 Å². The Morgan fingerprint density at radius 2 is 2.03 bits per heavy atom. The van der Waals surface area contributed by atoms with Gasteiger partial charge < -0.3 is 29.2 Å². The monoisotopic (exact) mass is 414 g/mol. The third-order valence-electron chi connectivity index (χ3n) is 4.81. The molecule has 0 aliphatic carbocycles. The fourth-order valence-corrected chi connectivity index (χ4v) is 3.44. The number of carbonyl (C=O) groups is 3. The molecular weight excluding hydrogens is 384 g/mol. The lowest BCUT2D eigenvalue weighted by atomic mass is 9.74. The maximum absolute atomic E-state index is 11.9. The molecule has 1 aliphatic rings. The van der Waals surface area contributed by atoms with Gasteiger partial charge in [-0.05, 0) is 18.1 Å². The third-order valence-corrected chi connectivity index (χ3v) is 4.81. The maximum atomic E-state index is 11.9. The van der Waals surface area contributed by atoms with Crippen LogP contribution in [-0.4, -0.2) is 73.4 Å². The van der Waals surface area contributed by atoms with Crippen molar-refractivity contribution in [1.82, 2.24) is 0 Å². The quantitative estimate of drug-likeness (QED) is 0.318. The van der Waals surface area contributed by atoms with E-state index in [0.29, 0.717) is 11.9 Å². The highest BCUT2D eigenvalue weighted by molar-refractivity contribution is 5.83. The summed E-state index contributed by atoms with van der Waals surface area (Å²) in [5.74, 6) is -2.91. The molecule has 164 valence electrons. The van der Waals surface area contributed by atoms with Gasteiger partial charge in [0.1, 0.15) is 6.29 Å². The Bertz CT molecular complexity index is 652. The largest absolute Gasteiger partial charge is 0.466 e. The van der Waals surface area contributed by atoms with Crippen LogP contribution in [0, 0.1) is 5.41 Å². The molecule has 9 heteroatoms. The van der Waals surface area contributed by atoms with Gasteiger partial charge in [0.2, 0.25) is 5.79 Å². The van der Waals surface area contributed by atoms with E-state index in [-0.39, 0.29) is 12.8 Å². The van der Waals surface area contributed by atoms with Crippen LogP contribution < -0.4 is 0 Å². The van der Waals surface area contributed by atoms with Crippen LogP contribution in [0.2, 0.25) is 0 Å².